The van der Waals surface area contributed by atoms with Gasteiger partial charge < -0.3 is 10.6 Å². The van der Waals surface area contributed by atoms with Crippen LogP contribution in [0.25, 0.3) is 0 Å². The second-order valence-corrected chi connectivity index (χ2v) is 7.99. The summed E-state index contributed by atoms with van der Waals surface area (Å²) in [5, 5.41) is 14.1. The Morgan fingerprint density at radius 1 is 1.25 bits per heavy atom. The molecule has 2 amide bonds. The molecule has 3 rings (SSSR count). The number of hydrogen-bond donors (Lipinski definition) is 2. The summed E-state index contributed by atoms with van der Waals surface area (Å²) in [6.45, 7) is 3.98. The standard InChI is InChI=1S/C16H18N4O2S2/c1-9-3-6-12(10(2)7-9)17-13(21)8-23-16-20-19-15(24-16)18-14(22)11-4-5-11/h3,6-7,11H,4-5,8H2,1-2H3,(H,17,21)(H,18,19,22). The number of amides is 2. The first-order chi connectivity index (χ1) is 11.5. The molecule has 0 bridgehead atoms. The Bertz CT molecular complexity index is 771. The lowest BCUT2D eigenvalue weighted by molar-refractivity contribution is -0.117. The first-order valence-corrected chi connectivity index (χ1v) is 9.46. The maximum absolute atomic E-state index is 12.1. The Morgan fingerprint density at radius 3 is 2.75 bits per heavy atom. The van der Waals surface area contributed by atoms with Gasteiger partial charge in [-0.05, 0) is 38.3 Å². The summed E-state index contributed by atoms with van der Waals surface area (Å²) in [6, 6.07) is 5.90. The smallest absolute Gasteiger partial charge is 0.234 e. The van der Waals surface area contributed by atoms with Gasteiger partial charge in [-0.2, -0.15) is 0 Å². The highest BCUT2D eigenvalue weighted by Gasteiger charge is 2.30. The molecule has 6 nitrogen and oxygen atoms in total. The van der Waals surface area contributed by atoms with Crippen LogP contribution in [0.5, 0.6) is 0 Å². The van der Waals surface area contributed by atoms with Crippen LogP contribution in [0.3, 0.4) is 0 Å². The second kappa shape index (κ2) is 7.31. The van der Waals surface area contributed by atoms with E-state index in [0.717, 1.165) is 29.7 Å². The zero-order chi connectivity index (χ0) is 17.1. The molecule has 1 heterocycles. The summed E-state index contributed by atoms with van der Waals surface area (Å²) in [4.78, 5) is 23.7. The molecule has 1 aromatic heterocycles. The number of nitrogens with one attached hydrogen (secondary N) is 2. The highest BCUT2D eigenvalue weighted by atomic mass is 32.2. The van der Waals surface area contributed by atoms with Crippen molar-refractivity contribution < 1.29 is 9.59 Å². The van der Waals surface area contributed by atoms with Gasteiger partial charge in [-0.15, -0.1) is 10.2 Å². The quantitative estimate of drug-likeness (QED) is 0.609. The predicted molar refractivity (Wildman–Crippen MR) is 96.5 cm³/mol. The molecule has 0 unspecified atom stereocenters. The van der Waals surface area contributed by atoms with E-state index in [1.807, 2.05) is 32.0 Å². The number of aryl methyl sites for hydroxylation is 2. The summed E-state index contributed by atoms with van der Waals surface area (Å²) in [5.41, 5.74) is 3.02. The molecule has 8 heteroatoms. The van der Waals surface area contributed by atoms with E-state index in [2.05, 4.69) is 20.8 Å². The van der Waals surface area contributed by atoms with E-state index in [9.17, 15) is 9.59 Å². The summed E-state index contributed by atoms with van der Waals surface area (Å²) in [6.07, 6.45) is 1.90. The molecule has 24 heavy (non-hydrogen) atoms. The normalized spacial score (nSPS) is 13.6. The van der Waals surface area contributed by atoms with E-state index in [1.165, 1.54) is 23.1 Å². The highest BCUT2D eigenvalue weighted by Crippen LogP contribution is 2.31. The Hall–Kier alpha value is -1.93. The minimum Gasteiger partial charge on any atom is -0.325 e. The van der Waals surface area contributed by atoms with E-state index >= 15 is 0 Å². The molecule has 1 aromatic carbocycles. The Labute approximate surface area is 148 Å². The van der Waals surface area contributed by atoms with Crippen molar-refractivity contribution in [2.45, 2.75) is 31.0 Å². The lowest BCUT2D eigenvalue weighted by Crippen LogP contribution is -2.14. The number of carbonyl (C=O) groups is 2. The summed E-state index contributed by atoms with van der Waals surface area (Å²) in [5.74, 6) is 0.299. The SMILES string of the molecule is Cc1ccc(NC(=O)CSc2nnc(NC(=O)C3CC3)s2)c(C)c1. The van der Waals surface area contributed by atoms with Crippen molar-refractivity contribution in [3.05, 3.63) is 29.3 Å². The zero-order valence-electron chi connectivity index (χ0n) is 13.5. The second-order valence-electron chi connectivity index (χ2n) is 5.79. The predicted octanol–water partition coefficient (Wildman–Crippen LogP) is 3.23. The van der Waals surface area contributed by atoms with Crippen LogP contribution in [-0.4, -0.2) is 27.8 Å². The number of rotatable bonds is 6. The number of nitrogens with zero attached hydrogens (tertiary/aromatic N) is 2. The molecule has 126 valence electrons. The molecule has 0 atom stereocenters. The largest absolute Gasteiger partial charge is 0.325 e. The molecule has 2 aromatic rings. The van der Waals surface area contributed by atoms with Crippen molar-refractivity contribution in [1.82, 2.24) is 10.2 Å². The van der Waals surface area contributed by atoms with Crippen molar-refractivity contribution in [3.8, 4) is 0 Å². The molecular weight excluding hydrogens is 344 g/mol. The molecule has 0 aliphatic heterocycles. The van der Waals surface area contributed by atoms with Gasteiger partial charge in [0.2, 0.25) is 16.9 Å². The van der Waals surface area contributed by atoms with E-state index in [-0.39, 0.29) is 23.5 Å². The maximum Gasteiger partial charge on any atom is 0.234 e. The number of benzene rings is 1. The minimum atomic E-state index is -0.0919. The third kappa shape index (κ3) is 4.55. The van der Waals surface area contributed by atoms with Gasteiger partial charge in [0.25, 0.3) is 0 Å². The molecule has 1 saturated carbocycles. The first kappa shape index (κ1) is 16.9. The molecule has 0 saturated heterocycles. The Morgan fingerprint density at radius 2 is 2.04 bits per heavy atom. The van der Waals surface area contributed by atoms with Crippen molar-refractivity contribution in [2.24, 2.45) is 5.92 Å². The number of carbonyl (C=O) groups excluding carboxylic acids is 2. The number of anilines is 2. The molecule has 2 N–H and O–H groups in total. The first-order valence-electron chi connectivity index (χ1n) is 7.65. The van der Waals surface area contributed by atoms with E-state index in [4.69, 9.17) is 0 Å². The fourth-order valence-corrected chi connectivity index (χ4v) is 3.69. The van der Waals surface area contributed by atoms with Gasteiger partial charge in [0.05, 0.1) is 5.75 Å². The van der Waals surface area contributed by atoms with Crippen LogP contribution in [0.1, 0.15) is 24.0 Å². The van der Waals surface area contributed by atoms with Crippen LogP contribution in [0.15, 0.2) is 22.5 Å². The topological polar surface area (TPSA) is 84.0 Å². The van der Waals surface area contributed by atoms with Gasteiger partial charge in [0, 0.05) is 11.6 Å². The Kier molecular flexibility index (Phi) is 5.15. The van der Waals surface area contributed by atoms with Crippen molar-refractivity contribution in [1.29, 1.82) is 0 Å². The lowest BCUT2D eigenvalue weighted by atomic mass is 10.1. The van der Waals surface area contributed by atoms with Gasteiger partial charge >= 0.3 is 0 Å². The minimum absolute atomic E-state index is 0.00953. The summed E-state index contributed by atoms with van der Waals surface area (Å²) in [7, 11) is 0. The van der Waals surface area contributed by atoms with E-state index in [0.29, 0.717) is 9.47 Å². The summed E-state index contributed by atoms with van der Waals surface area (Å²) >= 11 is 2.60. The summed E-state index contributed by atoms with van der Waals surface area (Å²) < 4.78 is 0.664. The van der Waals surface area contributed by atoms with E-state index < -0.39 is 0 Å². The van der Waals surface area contributed by atoms with Gasteiger partial charge in [-0.1, -0.05) is 40.8 Å². The zero-order valence-corrected chi connectivity index (χ0v) is 15.1. The molecule has 1 aliphatic carbocycles. The number of hydrogen-bond acceptors (Lipinski definition) is 6. The van der Waals surface area contributed by atoms with Crippen molar-refractivity contribution in [3.63, 3.8) is 0 Å². The fourth-order valence-electron chi connectivity index (χ4n) is 2.14. The van der Waals surface area contributed by atoms with Crippen LogP contribution in [0.4, 0.5) is 10.8 Å². The third-order valence-corrected chi connectivity index (χ3v) is 5.54. The number of thioether (sulfide) groups is 1. The third-order valence-electron chi connectivity index (χ3n) is 3.57. The van der Waals surface area contributed by atoms with Gasteiger partial charge in [-0.3, -0.25) is 9.59 Å². The molecule has 0 radical (unpaired) electrons. The monoisotopic (exact) mass is 362 g/mol. The van der Waals surface area contributed by atoms with Crippen LogP contribution in [0, 0.1) is 19.8 Å². The van der Waals surface area contributed by atoms with Gasteiger partial charge in [0.15, 0.2) is 4.34 Å². The van der Waals surface area contributed by atoms with Crippen LogP contribution >= 0.6 is 23.1 Å². The van der Waals surface area contributed by atoms with Gasteiger partial charge in [-0.25, -0.2) is 0 Å². The highest BCUT2D eigenvalue weighted by molar-refractivity contribution is 8.01. The Balaban J connectivity index is 1.49. The van der Waals surface area contributed by atoms with Crippen LogP contribution < -0.4 is 10.6 Å². The van der Waals surface area contributed by atoms with Gasteiger partial charge in [0.1, 0.15) is 0 Å². The molecule has 0 spiro atoms. The van der Waals surface area contributed by atoms with Crippen LogP contribution in [-0.2, 0) is 9.59 Å². The van der Waals surface area contributed by atoms with Crippen molar-refractivity contribution >= 4 is 45.7 Å². The van der Waals surface area contributed by atoms with Crippen molar-refractivity contribution in [2.75, 3.05) is 16.4 Å². The molecule has 1 fully saturated rings. The molecule has 1 aliphatic rings. The lowest BCUT2D eigenvalue weighted by Gasteiger charge is -2.08. The average molecular weight is 362 g/mol. The molecular formula is C16H18N4O2S2. The maximum atomic E-state index is 12.1. The fraction of sp³-hybridized carbons (Fsp3) is 0.375. The number of aromatic nitrogens is 2. The van der Waals surface area contributed by atoms with E-state index in [1.54, 1.807) is 0 Å². The average Bonchev–Trinajstić information content (AvgIpc) is 3.30. The van der Waals surface area contributed by atoms with Crippen LogP contribution in [0.2, 0.25) is 0 Å².